The highest BCUT2D eigenvalue weighted by Crippen LogP contribution is 2.35. The van der Waals surface area contributed by atoms with E-state index in [0.29, 0.717) is 16.3 Å². The van der Waals surface area contributed by atoms with Crippen LogP contribution in [0, 0.1) is 12.7 Å². The van der Waals surface area contributed by atoms with Crippen molar-refractivity contribution in [3.05, 3.63) is 95.4 Å². The van der Waals surface area contributed by atoms with E-state index in [1.807, 2.05) is 0 Å². The van der Waals surface area contributed by atoms with Gasteiger partial charge in [0.15, 0.2) is 15.5 Å². The second kappa shape index (κ2) is 9.62. The van der Waals surface area contributed by atoms with Crippen LogP contribution >= 0.6 is 11.6 Å². The third kappa shape index (κ3) is 5.17. The van der Waals surface area contributed by atoms with Crippen molar-refractivity contribution in [3.63, 3.8) is 0 Å². The monoisotopic (exact) mass is 575 g/mol. The van der Waals surface area contributed by atoms with Crippen LogP contribution in [0.15, 0.2) is 78.0 Å². The summed E-state index contributed by atoms with van der Waals surface area (Å²) in [7, 11) is -3.59. The molecule has 2 aromatic heterocycles. The molecule has 0 atom stereocenters. The van der Waals surface area contributed by atoms with Crippen molar-refractivity contribution in [3.8, 4) is 33.8 Å². The maximum Gasteiger partial charge on any atom is 0.434 e. The van der Waals surface area contributed by atoms with Crippen LogP contribution in [0.1, 0.15) is 11.5 Å². The Morgan fingerprint density at radius 2 is 1.67 bits per heavy atom. The predicted octanol–water partition coefficient (Wildman–Crippen LogP) is 6.31. The number of sulfone groups is 1. The molecule has 0 bridgehead atoms. The molecule has 0 amide bonds. The molecular formula is C26H18ClF4N5O2S. The van der Waals surface area contributed by atoms with Gasteiger partial charge in [-0.25, -0.2) is 22.5 Å². The number of hydrogen-bond acceptors (Lipinski definition) is 5. The lowest BCUT2D eigenvalue weighted by Gasteiger charge is -2.17. The quantitative estimate of drug-likeness (QED) is 0.229. The molecule has 5 aromatic rings. The van der Waals surface area contributed by atoms with Crippen molar-refractivity contribution in [1.82, 2.24) is 24.5 Å². The van der Waals surface area contributed by atoms with Gasteiger partial charge in [0.2, 0.25) is 0 Å². The zero-order valence-corrected chi connectivity index (χ0v) is 21.9. The first kappa shape index (κ1) is 26.6. The van der Waals surface area contributed by atoms with Crippen molar-refractivity contribution in [1.29, 1.82) is 0 Å². The lowest BCUT2D eigenvalue weighted by Crippen LogP contribution is -2.09. The minimum atomic E-state index is -4.72. The molecule has 39 heavy (non-hydrogen) atoms. The normalized spacial score (nSPS) is 12.2. The number of rotatable bonds is 5. The zero-order chi connectivity index (χ0) is 28.1. The largest absolute Gasteiger partial charge is 0.434 e. The van der Waals surface area contributed by atoms with E-state index in [-0.39, 0.29) is 33.2 Å². The van der Waals surface area contributed by atoms with Crippen molar-refractivity contribution in [2.45, 2.75) is 18.0 Å². The molecule has 0 saturated heterocycles. The highest BCUT2D eigenvalue weighted by molar-refractivity contribution is 7.90. The maximum absolute atomic E-state index is 15.6. The molecule has 13 heteroatoms. The number of aromatic nitrogens is 5. The molecule has 0 unspecified atom stereocenters. The van der Waals surface area contributed by atoms with E-state index >= 15 is 4.39 Å². The molecule has 0 fully saturated rings. The van der Waals surface area contributed by atoms with Crippen molar-refractivity contribution < 1.29 is 26.0 Å². The SMILES string of the molecule is Cc1nc(C(F)(F)F)cn1-c1cc(F)c(-c2cccc(S(C)(=O)=O)c2)cc1-n1nncc1-c1ccc(Cl)cc1. The smallest absolute Gasteiger partial charge is 0.301 e. The lowest BCUT2D eigenvalue weighted by atomic mass is 10.0. The van der Waals surface area contributed by atoms with Gasteiger partial charge in [-0.15, -0.1) is 5.10 Å². The fourth-order valence-corrected chi connectivity index (χ4v) is 4.91. The number of benzene rings is 3. The Hall–Kier alpha value is -4.03. The van der Waals surface area contributed by atoms with Crippen LogP contribution in [-0.4, -0.2) is 39.2 Å². The molecule has 0 N–H and O–H groups in total. The van der Waals surface area contributed by atoms with Gasteiger partial charge in [-0.1, -0.05) is 41.1 Å². The molecule has 0 aliphatic heterocycles. The second-order valence-corrected chi connectivity index (χ2v) is 11.2. The van der Waals surface area contributed by atoms with Crippen molar-refractivity contribution >= 4 is 21.4 Å². The standard InChI is InChI=1S/C26H18ClF4N5O2S/c1-15-33-25(26(29,30)31)14-35(15)22-12-21(28)20(17-4-3-5-19(10-17)39(2,37)38)11-23(22)36-24(13-32-34-36)16-6-8-18(27)9-7-16/h3-14H,1-2H3. The molecular weight excluding hydrogens is 558 g/mol. The Morgan fingerprint density at radius 3 is 2.31 bits per heavy atom. The summed E-state index contributed by atoms with van der Waals surface area (Å²) in [5.41, 5.74) is 0.375. The first-order valence-corrected chi connectivity index (χ1v) is 13.5. The summed E-state index contributed by atoms with van der Waals surface area (Å²) < 4.78 is 82.7. The summed E-state index contributed by atoms with van der Waals surface area (Å²) in [4.78, 5) is 3.59. The first-order chi connectivity index (χ1) is 18.3. The molecule has 0 saturated carbocycles. The van der Waals surface area contributed by atoms with Gasteiger partial charge >= 0.3 is 6.18 Å². The van der Waals surface area contributed by atoms with Crippen LogP contribution in [0.2, 0.25) is 5.02 Å². The Bertz CT molecular complexity index is 1810. The number of aryl methyl sites for hydroxylation is 1. The zero-order valence-electron chi connectivity index (χ0n) is 20.3. The third-order valence-corrected chi connectivity index (χ3v) is 7.35. The number of hydrogen-bond donors (Lipinski definition) is 0. The summed E-state index contributed by atoms with van der Waals surface area (Å²) in [5, 5.41) is 8.60. The number of halogens is 5. The molecule has 0 spiro atoms. The van der Waals surface area contributed by atoms with Gasteiger partial charge in [0.05, 0.1) is 28.2 Å². The minimum Gasteiger partial charge on any atom is -0.301 e. The summed E-state index contributed by atoms with van der Waals surface area (Å²) >= 11 is 6.02. The van der Waals surface area contributed by atoms with E-state index in [1.165, 1.54) is 48.1 Å². The molecule has 200 valence electrons. The molecule has 7 nitrogen and oxygen atoms in total. The molecule has 5 rings (SSSR count). The lowest BCUT2D eigenvalue weighted by molar-refractivity contribution is -0.141. The maximum atomic E-state index is 15.6. The van der Waals surface area contributed by atoms with E-state index in [1.54, 1.807) is 24.3 Å². The van der Waals surface area contributed by atoms with Gasteiger partial charge in [-0.2, -0.15) is 13.2 Å². The summed E-state index contributed by atoms with van der Waals surface area (Å²) in [6.07, 6.45) is -1.47. The van der Waals surface area contributed by atoms with Crippen LogP contribution in [0.25, 0.3) is 33.8 Å². The fraction of sp³-hybridized carbons (Fsp3) is 0.115. The topological polar surface area (TPSA) is 82.7 Å². The van der Waals surface area contributed by atoms with Gasteiger partial charge in [-0.05, 0) is 42.8 Å². The molecule has 0 aliphatic rings. The van der Waals surface area contributed by atoms with Crippen LogP contribution in [0.4, 0.5) is 17.6 Å². The van der Waals surface area contributed by atoms with E-state index in [9.17, 15) is 21.6 Å². The van der Waals surface area contributed by atoms with Crippen molar-refractivity contribution in [2.75, 3.05) is 6.26 Å². The highest BCUT2D eigenvalue weighted by atomic mass is 35.5. The number of alkyl halides is 3. The van der Waals surface area contributed by atoms with E-state index < -0.39 is 27.5 Å². The van der Waals surface area contributed by atoms with E-state index in [2.05, 4.69) is 15.3 Å². The van der Waals surface area contributed by atoms with Crippen molar-refractivity contribution in [2.24, 2.45) is 0 Å². The average molecular weight is 576 g/mol. The summed E-state index contributed by atoms with van der Waals surface area (Å²) in [6, 6.07) is 14.9. The van der Waals surface area contributed by atoms with Gasteiger partial charge in [0, 0.05) is 34.7 Å². The molecule has 0 radical (unpaired) electrons. The highest BCUT2D eigenvalue weighted by Gasteiger charge is 2.35. The molecule has 3 aromatic carbocycles. The van der Waals surface area contributed by atoms with Crippen LogP contribution in [-0.2, 0) is 16.0 Å². The number of nitrogens with zero attached hydrogens (tertiary/aromatic N) is 5. The first-order valence-electron chi connectivity index (χ1n) is 11.3. The Labute approximate surface area is 225 Å². The van der Waals surface area contributed by atoms with Crippen LogP contribution in [0.5, 0.6) is 0 Å². The number of imidazole rings is 1. The Kier molecular flexibility index (Phi) is 6.55. The molecule has 0 aliphatic carbocycles. The van der Waals surface area contributed by atoms with E-state index in [0.717, 1.165) is 23.1 Å². The Balaban J connectivity index is 1.79. The summed E-state index contributed by atoms with van der Waals surface area (Å²) in [6.45, 7) is 1.36. The predicted molar refractivity (Wildman–Crippen MR) is 137 cm³/mol. The van der Waals surface area contributed by atoms with E-state index in [4.69, 9.17) is 11.6 Å². The third-order valence-electron chi connectivity index (χ3n) is 5.99. The minimum absolute atomic E-state index is 0.00520. The van der Waals surface area contributed by atoms with Gasteiger partial charge < -0.3 is 4.57 Å². The fourth-order valence-electron chi connectivity index (χ4n) is 4.11. The summed E-state index contributed by atoms with van der Waals surface area (Å²) in [5.74, 6) is -0.836. The Morgan fingerprint density at radius 1 is 0.949 bits per heavy atom. The second-order valence-electron chi connectivity index (χ2n) is 8.70. The molecule has 2 heterocycles. The van der Waals surface area contributed by atoms with Crippen LogP contribution < -0.4 is 0 Å². The average Bonchev–Trinajstić information content (AvgIpc) is 3.51. The van der Waals surface area contributed by atoms with Gasteiger partial charge in [0.25, 0.3) is 0 Å². The van der Waals surface area contributed by atoms with Gasteiger partial charge in [0.1, 0.15) is 11.6 Å². The van der Waals surface area contributed by atoms with Crippen LogP contribution in [0.3, 0.4) is 0 Å². The van der Waals surface area contributed by atoms with Gasteiger partial charge in [-0.3, -0.25) is 0 Å².